The number of hydrogen-bond donors (Lipinski definition) is 0. The SMILES string of the molecule is Fc1cccc(CN2CCc3nc(N4CCN(c5ncccn5)CC4)ncc3C2)c1. The molecule has 2 aromatic heterocycles. The van der Waals surface area contributed by atoms with Gasteiger partial charge in [-0.15, -0.1) is 0 Å². The van der Waals surface area contributed by atoms with Crippen LogP contribution < -0.4 is 9.80 Å². The summed E-state index contributed by atoms with van der Waals surface area (Å²) in [6.07, 6.45) is 6.40. The van der Waals surface area contributed by atoms with Gasteiger partial charge in [0, 0.05) is 76.4 Å². The fourth-order valence-corrected chi connectivity index (χ4v) is 4.11. The Balaban J connectivity index is 1.22. The predicted octanol–water partition coefficient (Wildman–Crippen LogP) is 2.29. The van der Waals surface area contributed by atoms with Gasteiger partial charge in [0.15, 0.2) is 0 Å². The van der Waals surface area contributed by atoms with Crippen molar-refractivity contribution in [1.82, 2.24) is 24.8 Å². The van der Waals surface area contributed by atoms with Crippen molar-refractivity contribution in [2.24, 2.45) is 0 Å². The van der Waals surface area contributed by atoms with Crippen LogP contribution in [-0.2, 0) is 19.5 Å². The van der Waals surface area contributed by atoms with Crippen LogP contribution in [0, 0.1) is 5.82 Å². The molecule has 0 aliphatic carbocycles. The van der Waals surface area contributed by atoms with E-state index in [0.29, 0.717) is 0 Å². The summed E-state index contributed by atoms with van der Waals surface area (Å²) in [5, 5.41) is 0. The third-order valence-electron chi connectivity index (χ3n) is 5.69. The van der Waals surface area contributed by atoms with Crippen LogP contribution in [0.3, 0.4) is 0 Å². The van der Waals surface area contributed by atoms with Gasteiger partial charge in [-0.05, 0) is 23.8 Å². The van der Waals surface area contributed by atoms with Crippen molar-refractivity contribution >= 4 is 11.9 Å². The van der Waals surface area contributed by atoms with Crippen molar-refractivity contribution in [1.29, 1.82) is 0 Å². The maximum Gasteiger partial charge on any atom is 0.225 e. The number of aromatic nitrogens is 4. The molecule has 0 saturated carbocycles. The zero-order chi connectivity index (χ0) is 20.3. The van der Waals surface area contributed by atoms with Gasteiger partial charge in [-0.25, -0.2) is 24.3 Å². The molecule has 0 amide bonds. The molecule has 0 radical (unpaired) electrons. The number of piperazine rings is 1. The van der Waals surface area contributed by atoms with Crippen LogP contribution in [0.4, 0.5) is 16.3 Å². The van der Waals surface area contributed by atoms with Gasteiger partial charge in [0.2, 0.25) is 11.9 Å². The third kappa shape index (κ3) is 4.09. The van der Waals surface area contributed by atoms with Gasteiger partial charge in [-0.1, -0.05) is 12.1 Å². The first-order chi connectivity index (χ1) is 14.7. The van der Waals surface area contributed by atoms with E-state index in [4.69, 9.17) is 4.98 Å². The van der Waals surface area contributed by atoms with E-state index in [1.165, 1.54) is 6.07 Å². The monoisotopic (exact) mass is 405 g/mol. The van der Waals surface area contributed by atoms with E-state index in [1.54, 1.807) is 24.5 Å². The zero-order valence-corrected chi connectivity index (χ0v) is 16.8. The maximum absolute atomic E-state index is 13.4. The van der Waals surface area contributed by atoms with Crippen LogP contribution in [-0.4, -0.2) is 57.6 Å². The van der Waals surface area contributed by atoms with E-state index in [0.717, 1.165) is 81.0 Å². The maximum atomic E-state index is 13.4. The summed E-state index contributed by atoms with van der Waals surface area (Å²) in [7, 11) is 0. The molecule has 4 heterocycles. The fraction of sp³-hybridized carbons (Fsp3) is 0.364. The Hall–Kier alpha value is -3.13. The van der Waals surface area contributed by atoms with Gasteiger partial charge in [0.05, 0.1) is 5.69 Å². The third-order valence-corrected chi connectivity index (χ3v) is 5.69. The molecule has 7 nitrogen and oxygen atoms in total. The first kappa shape index (κ1) is 18.9. The Labute approximate surface area is 175 Å². The number of hydrogen-bond acceptors (Lipinski definition) is 7. The molecular weight excluding hydrogens is 381 g/mol. The van der Waals surface area contributed by atoms with Crippen molar-refractivity contribution in [2.45, 2.75) is 19.5 Å². The highest BCUT2D eigenvalue weighted by atomic mass is 19.1. The van der Waals surface area contributed by atoms with Gasteiger partial charge in [-0.2, -0.15) is 0 Å². The Kier molecular flexibility index (Phi) is 5.23. The smallest absolute Gasteiger partial charge is 0.225 e. The van der Waals surface area contributed by atoms with Crippen LogP contribution in [0.1, 0.15) is 16.8 Å². The second-order valence-electron chi connectivity index (χ2n) is 7.76. The quantitative estimate of drug-likeness (QED) is 0.660. The van der Waals surface area contributed by atoms with Gasteiger partial charge in [0.1, 0.15) is 5.82 Å². The first-order valence-electron chi connectivity index (χ1n) is 10.3. The zero-order valence-electron chi connectivity index (χ0n) is 16.8. The van der Waals surface area contributed by atoms with Gasteiger partial charge in [0.25, 0.3) is 0 Å². The number of halogens is 1. The molecule has 2 aliphatic heterocycles. The summed E-state index contributed by atoms with van der Waals surface area (Å²) in [4.78, 5) is 24.9. The van der Waals surface area contributed by atoms with Crippen LogP contribution in [0.25, 0.3) is 0 Å². The van der Waals surface area contributed by atoms with Crippen molar-refractivity contribution < 1.29 is 4.39 Å². The Morgan fingerprint density at radius 2 is 1.63 bits per heavy atom. The average Bonchev–Trinajstić information content (AvgIpc) is 2.79. The van der Waals surface area contributed by atoms with Crippen molar-refractivity contribution in [3.05, 3.63) is 71.6 Å². The molecule has 1 saturated heterocycles. The standard InChI is InChI=1S/C22H24FN7/c23-19-4-1-3-17(13-19)15-28-8-5-20-18(16-28)14-26-22(27-20)30-11-9-29(10-12-30)21-24-6-2-7-25-21/h1-4,6-7,13-14H,5,8-12,15-16H2. The summed E-state index contributed by atoms with van der Waals surface area (Å²) < 4.78 is 13.4. The van der Waals surface area contributed by atoms with E-state index < -0.39 is 0 Å². The molecule has 0 N–H and O–H groups in total. The number of nitrogens with zero attached hydrogens (tertiary/aromatic N) is 7. The molecule has 1 fully saturated rings. The summed E-state index contributed by atoms with van der Waals surface area (Å²) in [6.45, 7) is 5.86. The van der Waals surface area contributed by atoms with Crippen LogP contribution >= 0.6 is 0 Å². The topological polar surface area (TPSA) is 61.3 Å². The normalized spacial score (nSPS) is 17.1. The van der Waals surface area contributed by atoms with E-state index >= 15 is 0 Å². The van der Waals surface area contributed by atoms with Crippen LogP contribution in [0.15, 0.2) is 48.9 Å². The second-order valence-corrected chi connectivity index (χ2v) is 7.76. The Morgan fingerprint density at radius 3 is 2.40 bits per heavy atom. The number of benzene rings is 1. The summed E-state index contributed by atoms with van der Waals surface area (Å²) in [5.41, 5.74) is 3.29. The minimum atomic E-state index is -0.184. The molecule has 1 aromatic carbocycles. The number of anilines is 2. The number of fused-ring (bicyclic) bond motifs is 1. The highest BCUT2D eigenvalue weighted by Gasteiger charge is 2.23. The second kappa shape index (κ2) is 8.31. The minimum Gasteiger partial charge on any atom is -0.337 e. The highest BCUT2D eigenvalue weighted by molar-refractivity contribution is 5.39. The van der Waals surface area contributed by atoms with Gasteiger partial charge in [-0.3, -0.25) is 4.90 Å². The molecule has 154 valence electrons. The fourth-order valence-electron chi connectivity index (χ4n) is 4.11. The lowest BCUT2D eigenvalue weighted by Crippen LogP contribution is -2.47. The Bertz CT molecular complexity index is 1010. The van der Waals surface area contributed by atoms with Crippen LogP contribution in [0.5, 0.6) is 0 Å². The van der Waals surface area contributed by atoms with Crippen molar-refractivity contribution in [3.63, 3.8) is 0 Å². The molecular formula is C22H24FN7. The molecule has 0 unspecified atom stereocenters. The average molecular weight is 405 g/mol. The van der Waals surface area contributed by atoms with Crippen molar-refractivity contribution in [3.8, 4) is 0 Å². The minimum absolute atomic E-state index is 0.184. The Morgan fingerprint density at radius 1 is 0.867 bits per heavy atom. The molecule has 2 aliphatic rings. The van der Waals surface area contributed by atoms with E-state index in [1.807, 2.05) is 18.3 Å². The predicted molar refractivity (Wildman–Crippen MR) is 113 cm³/mol. The molecule has 0 spiro atoms. The van der Waals surface area contributed by atoms with Crippen molar-refractivity contribution in [2.75, 3.05) is 42.5 Å². The summed E-state index contributed by atoms with van der Waals surface area (Å²) >= 11 is 0. The molecule has 30 heavy (non-hydrogen) atoms. The lowest BCUT2D eigenvalue weighted by atomic mass is 10.1. The summed E-state index contributed by atoms with van der Waals surface area (Å²) in [6, 6.07) is 8.66. The van der Waals surface area contributed by atoms with E-state index in [9.17, 15) is 4.39 Å². The first-order valence-corrected chi connectivity index (χ1v) is 10.3. The molecule has 8 heteroatoms. The molecule has 3 aromatic rings. The number of rotatable bonds is 4. The molecule has 0 atom stereocenters. The highest BCUT2D eigenvalue weighted by Crippen LogP contribution is 2.22. The van der Waals surface area contributed by atoms with Gasteiger partial charge < -0.3 is 9.80 Å². The van der Waals surface area contributed by atoms with Gasteiger partial charge >= 0.3 is 0 Å². The van der Waals surface area contributed by atoms with E-state index in [-0.39, 0.29) is 5.82 Å². The van der Waals surface area contributed by atoms with Crippen LogP contribution in [0.2, 0.25) is 0 Å². The largest absolute Gasteiger partial charge is 0.337 e. The summed E-state index contributed by atoms with van der Waals surface area (Å²) in [5.74, 6) is 1.40. The molecule has 5 rings (SSSR count). The lowest BCUT2D eigenvalue weighted by molar-refractivity contribution is 0.242. The van der Waals surface area contributed by atoms with E-state index in [2.05, 4.69) is 29.7 Å². The molecule has 0 bridgehead atoms. The lowest BCUT2D eigenvalue weighted by Gasteiger charge is -2.35.